The van der Waals surface area contributed by atoms with Crippen molar-refractivity contribution in [2.75, 3.05) is 0 Å². The Bertz CT molecular complexity index is 3290. The first-order valence-corrected chi connectivity index (χ1v) is 19.8. The van der Waals surface area contributed by atoms with Crippen molar-refractivity contribution in [3.8, 4) is 78.7 Å². The van der Waals surface area contributed by atoms with Gasteiger partial charge in [0.2, 0.25) is 0 Å². The molecule has 11 aromatic rings. The smallest absolute Gasteiger partial charge is 0.164 e. The number of benzene rings is 9. The van der Waals surface area contributed by atoms with Gasteiger partial charge in [0.05, 0.1) is 0 Å². The first-order valence-electron chi connectivity index (χ1n) is 19.8. The van der Waals surface area contributed by atoms with E-state index in [1.165, 1.54) is 10.8 Å². The first kappa shape index (κ1) is 34.3. The van der Waals surface area contributed by atoms with Gasteiger partial charge in [-0.05, 0) is 80.0 Å². The van der Waals surface area contributed by atoms with Gasteiger partial charge in [-0.1, -0.05) is 182 Å². The van der Waals surface area contributed by atoms with Crippen LogP contribution in [-0.2, 0) is 0 Å². The highest BCUT2D eigenvalue weighted by Gasteiger charge is 2.22. The van der Waals surface area contributed by atoms with Crippen LogP contribution in [0.3, 0.4) is 0 Å². The monoisotopic (exact) mass is 753 g/mol. The van der Waals surface area contributed by atoms with Gasteiger partial charge in [0, 0.05) is 33.0 Å². The Hall–Kier alpha value is -7.95. The van der Waals surface area contributed by atoms with Crippen molar-refractivity contribution in [3.05, 3.63) is 212 Å². The van der Waals surface area contributed by atoms with Crippen LogP contribution in [0.25, 0.3) is 111 Å². The summed E-state index contributed by atoms with van der Waals surface area (Å²) in [7, 11) is 0. The van der Waals surface area contributed by atoms with Crippen molar-refractivity contribution in [2.24, 2.45) is 0 Å². The summed E-state index contributed by atoms with van der Waals surface area (Å²) < 4.78 is 6.47. The molecule has 0 saturated heterocycles. The maximum Gasteiger partial charge on any atom is 0.164 e. The molecule has 11 rings (SSSR count). The number of furan rings is 1. The molecule has 59 heavy (non-hydrogen) atoms. The molecule has 0 amide bonds. The van der Waals surface area contributed by atoms with E-state index in [4.69, 9.17) is 19.4 Å². The van der Waals surface area contributed by atoms with Crippen LogP contribution in [0, 0.1) is 0 Å². The Balaban J connectivity index is 1.19. The van der Waals surface area contributed by atoms with Crippen molar-refractivity contribution < 1.29 is 4.42 Å². The van der Waals surface area contributed by atoms with Gasteiger partial charge in [0.25, 0.3) is 0 Å². The number of hydrogen-bond acceptors (Lipinski definition) is 4. The summed E-state index contributed by atoms with van der Waals surface area (Å²) in [5, 5.41) is 4.55. The average molecular weight is 754 g/mol. The third-order valence-corrected chi connectivity index (χ3v) is 11.1. The molecule has 0 saturated carbocycles. The highest BCUT2D eigenvalue weighted by molar-refractivity contribution is 6.19. The molecule has 0 fully saturated rings. The van der Waals surface area contributed by atoms with E-state index in [0.717, 1.165) is 83.1 Å². The summed E-state index contributed by atoms with van der Waals surface area (Å²) in [5.41, 5.74) is 13.2. The molecule has 276 valence electrons. The highest BCUT2D eigenvalue weighted by Crippen LogP contribution is 2.45. The van der Waals surface area contributed by atoms with Crippen molar-refractivity contribution in [1.29, 1.82) is 0 Å². The summed E-state index contributed by atoms with van der Waals surface area (Å²) >= 11 is 0. The molecule has 0 atom stereocenters. The molecule has 0 aliphatic heterocycles. The molecule has 0 aliphatic carbocycles. The van der Waals surface area contributed by atoms with Gasteiger partial charge in [-0.3, -0.25) is 0 Å². The van der Waals surface area contributed by atoms with Gasteiger partial charge in [-0.15, -0.1) is 0 Å². The zero-order chi connectivity index (χ0) is 39.1. The number of hydrogen-bond donors (Lipinski definition) is 0. The Kier molecular flexibility index (Phi) is 8.45. The lowest BCUT2D eigenvalue weighted by molar-refractivity contribution is 0.669. The van der Waals surface area contributed by atoms with Crippen LogP contribution in [0.5, 0.6) is 0 Å². The molecule has 0 spiro atoms. The highest BCUT2D eigenvalue weighted by atomic mass is 16.3. The molecule has 0 radical (unpaired) electrons. The quantitative estimate of drug-likeness (QED) is 0.163. The molecular weight excluding hydrogens is 719 g/mol. The van der Waals surface area contributed by atoms with Crippen molar-refractivity contribution in [1.82, 2.24) is 15.0 Å². The number of rotatable bonds is 7. The second-order valence-electron chi connectivity index (χ2n) is 14.8. The summed E-state index contributed by atoms with van der Waals surface area (Å²) in [6.07, 6.45) is 0. The van der Waals surface area contributed by atoms with E-state index in [0.29, 0.717) is 17.5 Å². The van der Waals surface area contributed by atoms with Gasteiger partial charge < -0.3 is 4.42 Å². The average Bonchev–Trinajstić information content (AvgIpc) is 3.71. The fraction of sp³-hybridized carbons (Fsp3) is 0. The zero-order valence-corrected chi connectivity index (χ0v) is 32.0. The van der Waals surface area contributed by atoms with E-state index in [1.54, 1.807) is 0 Å². The van der Waals surface area contributed by atoms with E-state index in [2.05, 4.69) is 188 Å². The van der Waals surface area contributed by atoms with E-state index in [9.17, 15) is 0 Å². The van der Waals surface area contributed by atoms with Crippen molar-refractivity contribution in [3.63, 3.8) is 0 Å². The summed E-state index contributed by atoms with van der Waals surface area (Å²) in [5.74, 6) is 1.82. The number of aromatic nitrogens is 3. The van der Waals surface area contributed by atoms with E-state index >= 15 is 0 Å². The molecule has 4 nitrogen and oxygen atoms in total. The van der Waals surface area contributed by atoms with Crippen molar-refractivity contribution >= 4 is 32.7 Å². The molecule has 4 heteroatoms. The molecule has 2 aromatic heterocycles. The van der Waals surface area contributed by atoms with Crippen LogP contribution < -0.4 is 0 Å². The minimum atomic E-state index is 0.597. The van der Waals surface area contributed by atoms with Crippen LogP contribution in [-0.4, -0.2) is 15.0 Å². The Morgan fingerprint density at radius 2 is 0.763 bits per heavy atom. The Morgan fingerprint density at radius 1 is 0.288 bits per heavy atom. The standard InChI is InChI=1S/C55H35N3O/c1-5-15-36(16-6-1)38-25-27-42(28-26-38)54-56-53(41-22-11-4-12-23-41)57-55(58-54)48-35-44(37-17-7-2-8-18-37)34-46(51(48)40-20-9-3-10-21-40)43-30-31-49-47(33-43)52-45-24-14-13-19-39(45)29-32-50(52)59-49/h1-35H. The molecule has 0 bridgehead atoms. The van der Waals surface area contributed by atoms with E-state index in [-0.39, 0.29) is 0 Å². The normalized spacial score (nSPS) is 11.4. The van der Waals surface area contributed by atoms with Crippen LogP contribution in [0.2, 0.25) is 0 Å². The zero-order valence-electron chi connectivity index (χ0n) is 32.0. The van der Waals surface area contributed by atoms with E-state index < -0.39 is 0 Å². The predicted molar refractivity (Wildman–Crippen MR) is 243 cm³/mol. The lowest BCUT2D eigenvalue weighted by Crippen LogP contribution is -2.02. The second-order valence-corrected chi connectivity index (χ2v) is 14.8. The Morgan fingerprint density at radius 3 is 1.44 bits per heavy atom. The maximum atomic E-state index is 6.47. The predicted octanol–water partition coefficient (Wildman–Crippen LogP) is 14.6. The number of fused-ring (bicyclic) bond motifs is 5. The lowest BCUT2D eigenvalue weighted by atomic mass is 9.86. The third kappa shape index (κ3) is 6.34. The topological polar surface area (TPSA) is 51.8 Å². The summed E-state index contributed by atoms with van der Waals surface area (Å²) in [6.45, 7) is 0. The summed E-state index contributed by atoms with van der Waals surface area (Å²) in [4.78, 5) is 15.8. The molecule has 0 unspecified atom stereocenters. The largest absolute Gasteiger partial charge is 0.456 e. The Labute approximate surface area is 341 Å². The molecule has 2 heterocycles. The molecule has 0 N–H and O–H groups in total. The van der Waals surface area contributed by atoms with Crippen molar-refractivity contribution in [2.45, 2.75) is 0 Å². The minimum Gasteiger partial charge on any atom is -0.456 e. The first-order chi connectivity index (χ1) is 29.2. The van der Waals surface area contributed by atoms with Crippen LogP contribution in [0.4, 0.5) is 0 Å². The molecule has 0 aliphatic rings. The summed E-state index contributed by atoms with van der Waals surface area (Å²) in [6, 6.07) is 74.1. The van der Waals surface area contributed by atoms with Crippen LogP contribution in [0.1, 0.15) is 0 Å². The van der Waals surface area contributed by atoms with Gasteiger partial charge in [0.1, 0.15) is 11.2 Å². The van der Waals surface area contributed by atoms with Crippen LogP contribution >= 0.6 is 0 Å². The maximum absolute atomic E-state index is 6.47. The fourth-order valence-electron chi connectivity index (χ4n) is 8.26. The second kappa shape index (κ2) is 14.5. The number of nitrogens with zero attached hydrogens (tertiary/aromatic N) is 3. The molecule has 9 aromatic carbocycles. The SMILES string of the molecule is c1ccc(-c2ccc(-c3nc(-c4ccccc4)nc(-c4cc(-c5ccccc5)cc(-c5ccc6oc7ccc8ccccc8c7c6c5)c4-c4ccccc4)n3)cc2)cc1. The minimum absolute atomic E-state index is 0.597. The van der Waals surface area contributed by atoms with Gasteiger partial charge in [0.15, 0.2) is 17.5 Å². The van der Waals surface area contributed by atoms with Crippen LogP contribution in [0.15, 0.2) is 217 Å². The van der Waals surface area contributed by atoms with Gasteiger partial charge in [-0.25, -0.2) is 15.0 Å². The van der Waals surface area contributed by atoms with Gasteiger partial charge in [-0.2, -0.15) is 0 Å². The fourth-order valence-corrected chi connectivity index (χ4v) is 8.26. The molecular formula is C55H35N3O. The van der Waals surface area contributed by atoms with E-state index in [1.807, 2.05) is 24.3 Å². The lowest BCUT2D eigenvalue weighted by Gasteiger charge is -2.19. The third-order valence-electron chi connectivity index (χ3n) is 11.1. The van der Waals surface area contributed by atoms with Gasteiger partial charge >= 0.3 is 0 Å².